The molecule has 92 valence electrons. The fraction of sp³-hybridized carbons (Fsp3) is 0.467. The van der Waals surface area contributed by atoms with Gasteiger partial charge in [-0.05, 0) is 44.5 Å². The quantitative estimate of drug-likeness (QED) is 0.856. The van der Waals surface area contributed by atoms with Crippen LogP contribution >= 0.6 is 0 Å². The van der Waals surface area contributed by atoms with Gasteiger partial charge in [-0.2, -0.15) is 0 Å². The van der Waals surface area contributed by atoms with Crippen molar-refractivity contribution in [1.82, 2.24) is 5.32 Å². The lowest BCUT2D eigenvalue weighted by atomic mass is 10.1. The van der Waals surface area contributed by atoms with Gasteiger partial charge in [0.05, 0.1) is 6.04 Å². The van der Waals surface area contributed by atoms with Crippen molar-refractivity contribution in [3.8, 4) is 0 Å². The molecule has 2 nitrogen and oxygen atoms in total. The van der Waals surface area contributed by atoms with Crippen molar-refractivity contribution in [2.45, 2.75) is 40.2 Å². The van der Waals surface area contributed by atoms with Crippen LogP contribution < -0.4 is 5.32 Å². The molecule has 0 aliphatic carbocycles. The lowest BCUT2D eigenvalue weighted by molar-refractivity contribution is 0.428. The van der Waals surface area contributed by atoms with Gasteiger partial charge in [0, 0.05) is 5.39 Å². The molecule has 0 aliphatic heterocycles. The molecule has 2 heteroatoms. The standard InChI is InChI=1S/C15H21NO/c1-5-13(16-6-2)14-9-12-8-10(3)7-11(4)15(12)17-14/h7-9,13,16H,5-6H2,1-4H3. The maximum Gasteiger partial charge on any atom is 0.137 e. The molecule has 0 bridgehead atoms. The zero-order chi connectivity index (χ0) is 12.4. The van der Waals surface area contributed by atoms with E-state index in [2.05, 4.69) is 51.2 Å². The van der Waals surface area contributed by atoms with Crippen LogP contribution in [0.25, 0.3) is 11.0 Å². The van der Waals surface area contributed by atoms with Gasteiger partial charge in [-0.3, -0.25) is 0 Å². The molecular formula is C15H21NO. The summed E-state index contributed by atoms with van der Waals surface area (Å²) in [5.74, 6) is 1.05. The molecule has 0 saturated carbocycles. The molecule has 17 heavy (non-hydrogen) atoms. The van der Waals surface area contributed by atoms with Gasteiger partial charge in [-0.15, -0.1) is 0 Å². The number of fused-ring (bicyclic) bond motifs is 1. The Bertz CT molecular complexity index is 513. The minimum absolute atomic E-state index is 0.326. The lowest BCUT2D eigenvalue weighted by Gasteiger charge is -2.12. The molecule has 2 rings (SSSR count). The first-order valence-corrected chi connectivity index (χ1v) is 6.39. The van der Waals surface area contributed by atoms with E-state index in [0.717, 1.165) is 24.3 Å². The van der Waals surface area contributed by atoms with E-state index in [0.29, 0.717) is 6.04 Å². The van der Waals surface area contributed by atoms with Crippen LogP contribution in [-0.4, -0.2) is 6.54 Å². The molecular weight excluding hydrogens is 210 g/mol. The van der Waals surface area contributed by atoms with Gasteiger partial charge in [-0.1, -0.05) is 25.5 Å². The number of furan rings is 1. The smallest absolute Gasteiger partial charge is 0.137 e. The van der Waals surface area contributed by atoms with Crippen molar-refractivity contribution < 1.29 is 4.42 Å². The summed E-state index contributed by atoms with van der Waals surface area (Å²) in [6.07, 6.45) is 1.05. The summed E-state index contributed by atoms with van der Waals surface area (Å²) in [4.78, 5) is 0. The van der Waals surface area contributed by atoms with Crippen LogP contribution in [0, 0.1) is 13.8 Å². The van der Waals surface area contributed by atoms with Crippen LogP contribution in [0.3, 0.4) is 0 Å². The Labute approximate surface area is 103 Å². The molecule has 1 atom stereocenters. The highest BCUT2D eigenvalue weighted by molar-refractivity contribution is 5.82. The molecule has 0 aliphatic rings. The Hall–Kier alpha value is -1.28. The zero-order valence-electron chi connectivity index (χ0n) is 11.1. The lowest BCUT2D eigenvalue weighted by Crippen LogP contribution is -2.19. The number of nitrogens with one attached hydrogen (secondary N) is 1. The topological polar surface area (TPSA) is 25.2 Å². The van der Waals surface area contributed by atoms with Crippen LogP contribution in [0.2, 0.25) is 0 Å². The highest BCUT2D eigenvalue weighted by Gasteiger charge is 2.14. The third kappa shape index (κ3) is 2.37. The Morgan fingerprint density at radius 2 is 1.94 bits per heavy atom. The molecule has 0 radical (unpaired) electrons. The number of hydrogen-bond donors (Lipinski definition) is 1. The second-order valence-corrected chi connectivity index (χ2v) is 4.67. The van der Waals surface area contributed by atoms with Crippen molar-refractivity contribution in [2.75, 3.05) is 6.54 Å². The van der Waals surface area contributed by atoms with Gasteiger partial charge >= 0.3 is 0 Å². The Morgan fingerprint density at radius 3 is 2.59 bits per heavy atom. The van der Waals surface area contributed by atoms with Crippen LogP contribution in [0.4, 0.5) is 0 Å². The number of rotatable bonds is 4. The first kappa shape index (κ1) is 12.2. The Kier molecular flexibility index (Phi) is 3.53. The molecule has 1 N–H and O–H groups in total. The molecule has 0 amide bonds. The monoisotopic (exact) mass is 231 g/mol. The minimum atomic E-state index is 0.326. The SMILES string of the molecule is CCNC(CC)c1cc2cc(C)cc(C)c2o1. The minimum Gasteiger partial charge on any atom is -0.459 e. The van der Waals surface area contributed by atoms with Gasteiger partial charge < -0.3 is 9.73 Å². The summed E-state index contributed by atoms with van der Waals surface area (Å²) >= 11 is 0. The van der Waals surface area contributed by atoms with E-state index in [-0.39, 0.29) is 0 Å². The van der Waals surface area contributed by atoms with Gasteiger partial charge in [0.25, 0.3) is 0 Å². The van der Waals surface area contributed by atoms with E-state index >= 15 is 0 Å². The molecule has 0 fully saturated rings. The van der Waals surface area contributed by atoms with Crippen molar-refractivity contribution >= 4 is 11.0 Å². The summed E-state index contributed by atoms with van der Waals surface area (Å²) in [5, 5.41) is 4.67. The fourth-order valence-corrected chi connectivity index (χ4v) is 2.40. The van der Waals surface area contributed by atoms with Crippen LogP contribution in [-0.2, 0) is 0 Å². The van der Waals surface area contributed by atoms with E-state index in [1.807, 2.05) is 0 Å². The number of benzene rings is 1. The van der Waals surface area contributed by atoms with Gasteiger partial charge in [-0.25, -0.2) is 0 Å². The molecule has 1 heterocycles. The predicted octanol–water partition coefficient (Wildman–Crippen LogP) is 4.11. The van der Waals surface area contributed by atoms with Crippen molar-refractivity contribution in [3.05, 3.63) is 35.1 Å². The normalized spacial score (nSPS) is 13.2. The summed E-state index contributed by atoms with van der Waals surface area (Å²) in [7, 11) is 0. The second kappa shape index (κ2) is 4.92. The third-order valence-electron chi connectivity index (χ3n) is 3.17. The summed E-state index contributed by atoms with van der Waals surface area (Å²) in [5.41, 5.74) is 3.54. The van der Waals surface area contributed by atoms with Crippen molar-refractivity contribution in [2.24, 2.45) is 0 Å². The molecule has 1 aromatic carbocycles. The highest BCUT2D eigenvalue weighted by atomic mass is 16.3. The Balaban J connectivity index is 2.46. The average Bonchev–Trinajstić information content (AvgIpc) is 2.69. The van der Waals surface area contributed by atoms with Gasteiger partial charge in [0.15, 0.2) is 0 Å². The Morgan fingerprint density at radius 1 is 1.18 bits per heavy atom. The summed E-state index contributed by atoms with van der Waals surface area (Å²) < 4.78 is 6.00. The second-order valence-electron chi connectivity index (χ2n) is 4.67. The van der Waals surface area contributed by atoms with Crippen LogP contribution in [0.5, 0.6) is 0 Å². The predicted molar refractivity (Wildman–Crippen MR) is 72.4 cm³/mol. The number of aryl methyl sites for hydroxylation is 2. The van der Waals surface area contributed by atoms with Gasteiger partial charge in [0.1, 0.15) is 11.3 Å². The van der Waals surface area contributed by atoms with E-state index < -0.39 is 0 Å². The highest BCUT2D eigenvalue weighted by Crippen LogP contribution is 2.28. The molecule has 0 saturated heterocycles. The van der Waals surface area contributed by atoms with E-state index in [1.165, 1.54) is 16.5 Å². The van der Waals surface area contributed by atoms with Crippen molar-refractivity contribution in [3.63, 3.8) is 0 Å². The maximum atomic E-state index is 6.00. The zero-order valence-corrected chi connectivity index (χ0v) is 11.1. The molecule has 1 aromatic heterocycles. The van der Waals surface area contributed by atoms with E-state index in [1.54, 1.807) is 0 Å². The molecule has 0 spiro atoms. The average molecular weight is 231 g/mol. The molecule has 2 aromatic rings. The van der Waals surface area contributed by atoms with E-state index in [4.69, 9.17) is 4.42 Å². The van der Waals surface area contributed by atoms with Crippen LogP contribution in [0.1, 0.15) is 43.2 Å². The fourth-order valence-electron chi connectivity index (χ4n) is 2.40. The molecule has 1 unspecified atom stereocenters. The first-order valence-electron chi connectivity index (χ1n) is 6.39. The largest absolute Gasteiger partial charge is 0.459 e. The van der Waals surface area contributed by atoms with Gasteiger partial charge in [0.2, 0.25) is 0 Å². The van der Waals surface area contributed by atoms with E-state index in [9.17, 15) is 0 Å². The number of hydrogen-bond acceptors (Lipinski definition) is 2. The van der Waals surface area contributed by atoms with Crippen LogP contribution in [0.15, 0.2) is 22.6 Å². The maximum absolute atomic E-state index is 6.00. The van der Waals surface area contributed by atoms with Crippen molar-refractivity contribution in [1.29, 1.82) is 0 Å². The third-order valence-corrected chi connectivity index (χ3v) is 3.17. The first-order chi connectivity index (χ1) is 8.15. The summed E-state index contributed by atoms with van der Waals surface area (Å²) in [6.45, 7) is 9.50. The summed E-state index contributed by atoms with van der Waals surface area (Å²) in [6, 6.07) is 6.86.